The predicted octanol–water partition coefficient (Wildman–Crippen LogP) is 4.67. The summed E-state index contributed by atoms with van der Waals surface area (Å²) in [5, 5.41) is 9.77. The molecule has 0 amide bonds. The van der Waals surface area contributed by atoms with E-state index in [0.29, 0.717) is 29.2 Å². The molecule has 0 aliphatic carbocycles. The molecule has 5 nitrogen and oxygen atoms in total. The molecule has 30 heavy (non-hydrogen) atoms. The minimum absolute atomic E-state index is 0.150. The Labute approximate surface area is 178 Å². The molecule has 0 radical (unpaired) electrons. The first kappa shape index (κ1) is 21.9. The van der Waals surface area contributed by atoms with E-state index in [1.54, 1.807) is 18.2 Å². The Hall–Kier alpha value is -2.79. The number of Topliss-reactive ketones (excluding diaryl/α,β-unsaturated/α-hetero) is 1. The summed E-state index contributed by atoms with van der Waals surface area (Å²) in [5.41, 5.74) is 2.86. The number of aryl methyl sites for hydroxylation is 1. The van der Waals surface area contributed by atoms with Crippen LogP contribution < -0.4 is 14.2 Å². The van der Waals surface area contributed by atoms with Crippen LogP contribution in [-0.2, 0) is 19.4 Å². The summed E-state index contributed by atoms with van der Waals surface area (Å²) in [6, 6.07) is 9.24. The van der Waals surface area contributed by atoms with Gasteiger partial charge >= 0.3 is 0 Å². The van der Waals surface area contributed by atoms with Gasteiger partial charge in [0, 0.05) is 11.1 Å². The Kier molecular flexibility index (Phi) is 6.83. The third-order valence-corrected chi connectivity index (χ3v) is 5.29. The molecule has 1 heterocycles. The van der Waals surface area contributed by atoms with Gasteiger partial charge in [0.05, 0.1) is 12.2 Å². The third-order valence-electron chi connectivity index (χ3n) is 5.29. The summed E-state index contributed by atoms with van der Waals surface area (Å²) < 4.78 is 17.7. The first-order valence-electron chi connectivity index (χ1n) is 10.4. The lowest BCUT2D eigenvalue weighted by Gasteiger charge is -2.33. The van der Waals surface area contributed by atoms with Crippen LogP contribution in [-0.4, -0.2) is 29.7 Å². The number of carbonyl (C=O) groups excluding carboxylic acids is 1. The normalized spacial score (nSPS) is 14.4. The fraction of sp³-hybridized carbons (Fsp3) is 0.400. The van der Waals surface area contributed by atoms with Crippen LogP contribution in [0.15, 0.2) is 43.0 Å². The SMILES string of the molecule is C=CCOc1cc(CC)ccc1C(=O)COc1c(CO)ccc2c1CCC(C)(C)O2. The fourth-order valence-corrected chi connectivity index (χ4v) is 3.57. The predicted molar refractivity (Wildman–Crippen MR) is 117 cm³/mol. The van der Waals surface area contributed by atoms with Gasteiger partial charge in [0.25, 0.3) is 0 Å². The summed E-state index contributed by atoms with van der Waals surface area (Å²) in [6.45, 7) is 9.82. The lowest BCUT2D eigenvalue weighted by molar-refractivity contribution is 0.0813. The largest absolute Gasteiger partial charge is 0.489 e. The highest BCUT2D eigenvalue weighted by Gasteiger charge is 2.30. The molecular weight excluding hydrogens is 380 g/mol. The highest BCUT2D eigenvalue weighted by Crippen LogP contribution is 2.40. The number of aliphatic hydroxyl groups excluding tert-OH is 1. The minimum atomic E-state index is -0.251. The Morgan fingerprint density at radius 2 is 2.07 bits per heavy atom. The van der Waals surface area contributed by atoms with Crippen molar-refractivity contribution in [2.75, 3.05) is 13.2 Å². The molecule has 0 spiro atoms. The van der Waals surface area contributed by atoms with Crippen LogP contribution in [0.25, 0.3) is 0 Å². The molecule has 0 fully saturated rings. The molecular formula is C25H30O5. The molecule has 0 aromatic heterocycles. The Morgan fingerprint density at radius 1 is 1.27 bits per heavy atom. The second-order valence-corrected chi connectivity index (χ2v) is 8.05. The number of rotatable bonds is 9. The van der Waals surface area contributed by atoms with Crippen molar-refractivity contribution in [3.05, 3.63) is 65.2 Å². The molecule has 0 bridgehead atoms. The van der Waals surface area contributed by atoms with Crippen LogP contribution in [0.5, 0.6) is 17.2 Å². The molecule has 0 unspecified atom stereocenters. The van der Waals surface area contributed by atoms with Crippen LogP contribution in [0.2, 0.25) is 0 Å². The van der Waals surface area contributed by atoms with Crippen molar-refractivity contribution in [2.24, 2.45) is 0 Å². The molecule has 0 atom stereocenters. The molecule has 3 rings (SSSR count). The lowest BCUT2D eigenvalue weighted by Crippen LogP contribution is -2.33. The summed E-state index contributed by atoms with van der Waals surface area (Å²) in [4.78, 5) is 12.9. The number of ether oxygens (including phenoxy) is 3. The monoisotopic (exact) mass is 410 g/mol. The van der Waals surface area contributed by atoms with E-state index in [9.17, 15) is 9.90 Å². The maximum absolute atomic E-state index is 12.9. The molecule has 1 N–H and O–H groups in total. The van der Waals surface area contributed by atoms with Gasteiger partial charge in [-0.2, -0.15) is 0 Å². The van der Waals surface area contributed by atoms with Gasteiger partial charge in [-0.05, 0) is 62.9 Å². The van der Waals surface area contributed by atoms with Crippen LogP contribution in [0.3, 0.4) is 0 Å². The lowest BCUT2D eigenvalue weighted by atomic mass is 9.92. The van der Waals surface area contributed by atoms with Crippen molar-refractivity contribution >= 4 is 5.78 Å². The summed E-state index contributed by atoms with van der Waals surface area (Å²) >= 11 is 0. The van der Waals surface area contributed by atoms with Gasteiger partial charge < -0.3 is 19.3 Å². The molecule has 0 saturated heterocycles. The average Bonchev–Trinajstić information content (AvgIpc) is 2.74. The van der Waals surface area contributed by atoms with Crippen molar-refractivity contribution in [2.45, 2.75) is 52.2 Å². The van der Waals surface area contributed by atoms with Crippen molar-refractivity contribution < 1.29 is 24.1 Å². The van der Waals surface area contributed by atoms with Gasteiger partial charge in [0.1, 0.15) is 29.5 Å². The van der Waals surface area contributed by atoms with E-state index in [1.807, 2.05) is 32.0 Å². The molecule has 160 valence electrons. The van der Waals surface area contributed by atoms with Crippen molar-refractivity contribution in [3.63, 3.8) is 0 Å². The highest BCUT2D eigenvalue weighted by molar-refractivity contribution is 5.99. The van der Waals surface area contributed by atoms with Crippen LogP contribution >= 0.6 is 0 Å². The van der Waals surface area contributed by atoms with E-state index in [2.05, 4.69) is 13.5 Å². The van der Waals surface area contributed by atoms with E-state index in [4.69, 9.17) is 14.2 Å². The molecule has 0 saturated carbocycles. The number of benzene rings is 2. The van der Waals surface area contributed by atoms with Crippen molar-refractivity contribution in [1.82, 2.24) is 0 Å². The van der Waals surface area contributed by atoms with Crippen molar-refractivity contribution in [3.8, 4) is 17.2 Å². The van der Waals surface area contributed by atoms with Crippen LogP contribution in [0.1, 0.15) is 54.2 Å². The molecule has 2 aromatic rings. The second-order valence-electron chi connectivity index (χ2n) is 8.05. The molecule has 2 aromatic carbocycles. The smallest absolute Gasteiger partial charge is 0.203 e. The van der Waals surface area contributed by atoms with Gasteiger partial charge in [-0.1, -0.05) is 25.6 Å². The number of ketones is 1. The summed E-state index contributed by atoms with van der Waals surface area (Å²) in [7, 11) is 0. The third kappa shape index (κ3) is 4.85. The Balaban J connectivity index is 1.84. The summed E-state index contributed by atoms with van der Waals surface area (Å²) in [6.07, 6.45) is 4.09. The number of hydrogen-bond acceptors (Lipinski definition) is 5. The molecule has 5 heteroatoms. The quantitative estimate of drug-likeness (QED) is 0.481. The zero-order valence-electron chi connectivity index (χ0n) is 18.0. The van der Waals surface area contributed by atoms with Gasteiger partial charge in [0.15, 0.2) is 6.61 Å². The second kappa shape index (κ2) is 9.35. The summed E-state index contributed by atoms with van der Waals surface area (Å²) in [5.74, 6) is 1.63. The number of hydrogen-bond donors (Lipinski definition) is 1. The van der Waals surface area contributed by atoms with Gasteiger partial charge in [-0.15, -0.1) is 0 Å². The standard InChI is InChI=1S/C25H30O5/c1-5-13-28-23-14-17(6-2)7-9-19(23)21(27)16-29-24-18(15-26)8-10-22-20(24)11-12-25(3,4)30-22/h5,7-10,14,26H,1,6,11-13,15-16H2,2-4H3. The zero-order chi connectivity index (χ0) is 21.7. The zero-order valence-corrected chi connectivity index (χ0v) is 18.0. The van der Waals surface area contributed by atoms with E-state index in [1.165, 1.54) is 0 Å². The van der Waals surface area contributed by atoms with E-state index >= 15 is 0 Å². The average molecular weight is 411 g/mol. The minimum Gasteiger partial charge on any atom is -0.489 e. The fourth-order valence-electron chi connectivity index (χ4n) is 3.57. The topological polar surface area (TPSA) is 65.0 Å². The highest BCUT2D eigenvalue weighted by atomic mass is 16.5. The number of carbonyl (C=O) groups is 1. The number of fused-ring (bicyclic) bond motifs is 1. The Bertz CT molecular complexity index is 929. The van der Waals surface area contributed by atoms with E-state index in [-0.39, 0.29) is 24.6 Å². The van der Waals surface area contributed by atoms with E-state index in [0.717, 1.165) is 36.1 Å². The molecule has 1 aliphatic heterocycles. The van der Waals surface area contributed by atoms with Crippen LogP contribution in [0.4, 0.5) is 0 Å². The Morgan fingerprint density at radius 3 is 2.77 bits per heavy atom. The van der Waals surface area contributed by atoms with Gasteiger partial charge in [-0.3, -0.25) is 4.79 Å². The van der Waals surface area contributed by atoms with Crippen molar-refractivity contribution in [1.29, 1.82) is 0 Å². The van der Waals surface area contributed by atoms with Gasteiger partial charge in [0.2, 0.25) is 5.78 Å². The first-order valence-corrected chi connectivity index (χ1v) is 10.4. The maximum atomic E-state index is 12.9. The van der Waals surface area contributed by atoms with E-state index < -0.39 is 0 Å². The maximum Gasteiger partial charge on any atom is 0.203 e. The number of aliphatic hydroxyl groups is 1. The van der Waals surface area contributed by atoms with Gasteiger partial charge in [-0.25, -0.2) is 0 Å². The molecule has 1 aliphatic rings. The van der Waals surface area contributed by atoms with Crippen LogP contribution in [0, 0.1) is 0 Å². The first-order chi connectivity index (χ1) is 14.4.